The number of aliphatic carboxylic acids is 1. The number of hydrogen-bond acceptors (Lipinski definition) is 5. The van der Waals surface area contributed by atoms with Gasteiger partial charge in [0.25, 0.3) is 0 Å². The lowest BCUT2D eigenvalue weighted by atomic mass is 10.1. The first-order valence-corrected chi connectivity index (χ1v) is 10.7. The molecule has 0 spiro atoms. The van der Waals surface area contributed by atoms with Crippen LogP contribution in [0, 0.1) is 0 Å². The van der Waals surface area contributed by atoms with Gasteiger partial charge in [-0.1, -0.05) is 48.5 Å². The molecule has 2 atom stereocenters. The Morgan fingerprint density at radius 2 is 1.80 bits per heavy atom. The third kappa shape index (κ3) is 4.61. The normalized spacial score (nSPS) is 18.2. The quantitative estimate of drug-likeness (QED) is 0.575. The van der Waals surface area contributed by atoms with Gasteiger partial charge < -0.3 is 14.6 Å². The van der Waals surface area contributed by atoms with Gasteiger partial charge in [0, 0.05) is 11.3 Å². The summed E-state index contributed by atoms with van der Waals surface area (Å²) in [4.78, 5) is 11.2. The van der Waals surface area contributed by atoms with Crippen LogP contribution in [-0.2, 0) is 11.4 Å². The summed E-state index contributed by atoms with van der Waals surface area (Å²) in [5, 5.41) is 12.3. The fourth-order valence-corrected chi connectivity index (χ4v) is 4.64. The Balaban J connectivity index is 1.45. The number of carboxylic acid groups (broad SMARTS) is 1. The third-order valence-corrected chi connectivity index (χ3v) is 6.31. The standard InChI is InChI=1S/C24H23NO4S/c1-28-22-12-9-18(23-25-21(15-30-23)24(26)27)13-19(22)14-29-20-10-7-17(8-11-20)16-5-3-2-4-6-16/h2-13,21,23,25H,14-15H2,1H3,(H,26,27)/t21-,23-/m0/s1. The van der Waals surface area contributed by atoms with E-state index in [1.807, 2.05) is 60.7 Å². The predicted octanol–water partition coefficient (Wildman–Crippen LogP) is 4.73. The minimum atomic E-state index is -0.819. The minimum Gasteiger partial charge on any atom is -0.496 e. The molecule has 1 aliphatic heterocycles. The smallest absolute Gasteiger partial charge is 0.321 e. The maximum atomic E-state index is 11.2. The van der Waals surface area contributed by atoms with Crippen LogP contribution in [0.1, 0.15) is 16.5 Å². The molecule has 0 unspecified atom stereocenters. The SMILES string of the molecule is COc1ccc([C@H]2N[C@H](C(=O)O)CS2)cc1COc1ccc(-c2ccccc2)cc1. The van der Waals surface area contributed by atoms with E-state index in [0.29, 0.717) is 12.4 Å². The van der Waals surface area contributed by atoms with Crippen LogP contribution in [0.4, 0.5) is 0 Å². The Morgan fingerprint density at radius 3 is 2.47 bits per heavy atom. The number of rotatable bonds is 7. The number of carbonyl (C=O) groups is 1. The number of methoxy groups -OCH3 is 1. The van der Waals surface area contributed by atoms with Crippen molar-refractivity contribution in [2.45, 2.75) is 18.0 Å². The van der Waals surface area contributed by atoms with Crippen LogP contribution >= 0.6 is 11.8 Å². The van der Waals surface area contributed by atoms with Crippen molar-refractivity contribution in [2.24, 2.45) is 0 Å². The molecule has 3 aromatic rings. The highest BCUT2D eigenvalue weighted by molar-refractivity contribution is 7.99. The van der Waals surface area contributed by atoms with Crippen molar-refractivity contribution in [2.75, 3.05) is 12.9 Å². The van der Waals surface area contributed by atoms with Crippen LogP contribution < -0.4 is 14.8 Å². The molecular weight excluding hydrogens is 398 g/mol. The minimum absolute atomic E-state index is 0.0547. The van der Waals surface area contributed by atoms with Gasteiger partial charge in [0.1, 0.15) is 24.1 Å². The molecule has 0 amide bonds. The van der Waals surface area contributed by atoms with E-state index in [0.717, 1.165) is 28.2 Å². The Kier molecular flexibility index (Phi) is 6.26. The zero-order valence-electron chi connectivity index (χ0n) is 16.6. The van der Waals surface area contributed by atoms with Gasteiger partial charge in [-0.05, 0) is 41.0 Å². The number of carboxylic acids is 1. The van der Waals surface area contributed by atoms with E-state index in [1.165, 1.54) is 5.56 Å². The summed E-state index contributed by atoms with van der Waals surface area (Å²) in [6, 6.07) is 23.6. The van der Waals surface area contributed by atoms with Crippen LogP contribution in [0.25, 0.3) is 11.1 Å². The van der Waals surface area contributed by atoms with Crippen molar-refractivity contribution in [1.82, 2.24) is 5.32 Å². The molecule has 0 saturated carbocycles. The van der Waals surface area contributed by atoms with E-state index in [1.54, 1.807) is 18.9 Å². The van der Waals surface area contributed by atoms with E-state index < -0.39 is 12.0 Å². The lowest BCUT2D eigenvalue weighted by Gasteiger charge is -2.16. The second-order valence-electron chi connectivity index (χ2n) is 7.02. The van der Waals surface area contributed by atoms with Crippen LogP contribution in [0.15, 0.2) is 72.8 Å². The average Bonchev–Trinajstić information content (AvgIpc) is 3.29. The summed E-state index contributed by atoms with van der Waals surface area (Å²) in [7, 11) is 1.64. The molecular formula is C24H23NO4S. The Bertz CT molecular complexity index is 1010. The van der Waals surface area contributed by atoms with E-state index in [4.69, 9.17) is 9.47 Å². The fraction of sp³-hybridized carbons (Fsp3) is 0.208. The van der Waals surface area contributed by atoms with Crippen molar-refractivity contribution in [3.63, 3.8) is 0 Å². The van der Waals surface area contributed by atoms with Crippen LogP contribution in [0.3, 0.4) is 0 Å². The lowest BCUT2D eigenvalue weighted by Crippen LogP contribution is -2.33. The van der Waals surface area contributed by atoms with Gasteiger partial charge in [0.2, 0.25) is 0 Å². The molecule has 30 heavy (non-hydrogen) atoms. The number of benzene rings is 3. The summed E-state index contributed by atoms with van der Waals surface area (Å²) >= 11 is 1.59. The number of nitrogens with one attached hydrogen (secondary N) is 1. The highest BCUT2D eigenvalue weighted by atomic mass is 32.2. The van der Waals surface area contributed by atoms with Gasteiger partial charge in [-0.25, -0.2) is 0 Å². The van der Waals surface area contributed by atoms with Gasteiger partial charge in [-0.2, -0.15) is 0 Å². The maximum absolute atomic E-state index is 11.2. The highest BCUT2D eigenvalue weighted by Gasteiger charge is 2.30. The summed E-state index contributed by atoms with van der Waals surface area (Å²) in [6.07, 6.45) is 0. The summed E-state index contributed by atoms with van der Waals surface area (Å²) in [5.74, 6) is 1.26. The molecule has 0 aromatic heterocycles. The predicted molar refractivity (Wildman–Crippen MR) is 119 cm³/mol. The zero-order valence-corrected chi connectivity index (χ0v) is 17.4. The highest BCUT2D eigenvalue weighted by Crippen LogP contribution is 2.35. The number of thioether (sulfide) groups is 1. The monoisotopic (exact) mass is 421 g/mol. The van der Waals surface area contributed by atoms with Crippen molar-refractivity contribution in [3.8, 4) is 22.6 Å². The molecule has 3 aromatic carbocycles. The van der Waals surface area contributed by atoms with Crippen LogP contribution in [-0.4, -0.2) is 30.0 Å². The molecule has 0 aliphatic carbocycles. The Morgan fingerprint density at radius 1 is 1.07 bits per heavy atom. The van der Waals surface area contributed by atoms with Crippen molar-refractivity contribution >= 4 is 17.7 Å². The molecule has 1 fully saturated rings. The van der Waals surface area contributed by atoms with Crippen molar-refractivity contribution in [3.05, 3.63) is 83.9 Å². The number of hydrogen-bond donors (Lipinski definition) is 2. The fourth-order valence-electron chi connectivity index (χ4n) is 3.42. The van der Waals surface area contributed by atoms with Crippen molar-refractivity contribution in [1.29, 1.82) is 0 Å². The van der Waals surface area contributed by atoms with Crippen molar-refractivity contribution < 1.29 is 19.4 Å². The van der Waals surface area contributed by atoms with Crippen LogP contribution in [0.5, 0.6) is 11.5 Å². The third-order valence-electron chi connectivity index (χ3n) is 5.04. The first-order chi connectivity index (χ1) is 14.6. The van der Waals surface area contributed by atoms with Gasteiger partial charge in [0.15, 0.2) is 0 Å². The Labute approximate surface area is 180 Å². The van der Waals surface area contributed by atoms with E-state index in [-0.39, 0.29) is 5.37 Å². The maximum Gasteiger partial charge on any atom is 0.321 e. The molecule has 1 aliphatic rings. The second-order valence-corrected chi connectivity index (χ2v) is 8.16. The first kappa shape index (κ1) is 20.3. The molecule has 5 nitrogen and oxygen atoms in total. The molecule has 2 N–H and O–H groups in total. The van der Waals surface area contributed by atoms with Gasteiger partial charge >= 0.3 is 5.97 Å². The Hall–Kier alpha value is -2.96. The number of ether oxygens (including phenoxy) is 2. The second kappa shape index (κ2) is 9.24. The molecule has 0 radical (unpaired) electrons. The summed E-state index contributed by atoms with van der Waals surface area (Å²) < 4.78 is 11.5. The van der Waals surface area contributed by atoms with E-state index in [9.17, 15) is 9.90 Å². The summed E-state index contributed by atoms with van der Waals surface area (Å²) in [6.45, 7) is 0.363. The van der Waals surface area contributed by atoms with E-state index in [2.05, 4.69) is 17.4 Å². The van der Waals surface area contributed by atoms with Crippen LogP contribution in [0.2, 0.25) is 0 Å². The topological polar surface area (TPSA) is 67.8 Å². The average molecular weight is 422 g/mol. The first-order valence-electron chi connectivity index (χ1n) is 9.69. The van der Waals surface area contributed by atoms with E-state index >= 15 is 0 Å². The molecule has 1 heterocycles. The van der Waals surface area contributed by atoms with Gasteiger partial charge in [-0.3, -0.25) is 10.1 Å². The molecule has 0 bridgehead atoms. The van der Waals surface area contributed by atoms with Gasteiger partial charge in [-0.15, -0.1) is 11.8 Å². The molecule has 6 heteroatoms. The largest absolute Gasteiger partial charge is 0.496 e. The molecule has 154 valence electrons. The summed E-state index contributed by atoms with van der Waals surface area (Å²) in [5.41, 5.74) is 4.24. The zero-order chi connectivity index (χ0) is 20.9. The molecule has 1 saturated heterocycles. The molecule has 4 rings (SSSR count). The van der Waals surface area contributed by atoms with Gasteiger partial charge in [0.05, 0.1) is 12.5 Å². The lowest BCUT2D eigenvalue weighted by molar-refractivity contribution is -0.138.